The maximum atomic E-state index is 13.1. The normalized spacial score (nSPS) is 12.7. The highest BCUT2D eigenvalue weighted by Gasteiger charge is 2.26. The van der Waals surface area contributed by atoms with Gasteiger partial charge in [0.2, 0.25) is 5.91 Å². The van der Waals surface area contributed by atoms with E-state index in [1.54, 1.807) is 29.6 Å². The molecule has 2 heterocycles. The Morgan fingerprint density at radius 1 is 1.10 bits per heavy atom. The molecule has 1 N–H and O–H groups in total. The molecular weight excluding hydrogens is 380 g/mol. The highest BCUT2D eigenvalue weighted by Crippen LogP contribution is 2.30. The Bertz CT molecular complexity index is 1080. The van der Waals surface area contributed by atoms with Crippen molar-refractivity contribution < 1.29 is 14.3 Å². The van der Waals surface area contributed by atoms with Crippen molar-refractivity contribution in [2.45, 2.75) is 39.3 Å². The van der Waals surface area contributed by atoms with Crippen LogP contribution in [0.3, 0.4) is 0 Å². The summed E-state index contributed by atoms with van der Waals surface area (Å²) in [7, 11) is 0. The molecule has 1 aromatic heterocycles. The lowest BCUT2D eigenvalue weighted by molar-refractivity contribution is -0.118. The molecule has 154 valence electrons. The van der Waals surface area contributed by atoms with Gasteiger partial charge in [-0.1, -0.05) is 30.3 Å². The molecule has 3 aromatic rings. The highest BCUT2D eigenvalue weighted by atomic mass is 16.6. The number of carbonyl (C=O) groups excluding carboxylic acids is 2. The first-order valence-electron chi connectivity index (χ1n) is 9.80. The average Bonchev–Trinajstić information content (AvgIpc) is 3.17. The summed E-state index contributed by atoms with van der Waals surface area (Å²) >= 11 is 0. The van der Waals surface area contributed by atoms with Gasteiger partial charge in [-0.3, -0.25) is 19.6 Å². The lowest BCUT2D eigenvalue weighted by Gasteiger charge is -2.30. The number of amides is 2. The van der Waals surface area contributed by atoms with Crippen molar-refractivity contribution in [3.8, 4) is 5.69 Å². The molecule has 7 heteroatoms. The summed E-state index contributed by atoms with van der Waals surface area (Å²) in [5.41, 5.74) is 3.04. The second kappa shape index (κ2) is 7.67. The van der Waals surface area contributed by atoms with Crippen LogP contribution in [0.15, 0.2) is 61.1 Å². The van der Waals surface area contributed by atoms with Gasteiger partial charge in [-0.05, 0) is 50.1 Å². The van der Waals surface area contributed by atoms with Crippen LogP contribution in [0.5, 0.6) is 0 Å². The summed E-state index contributed by atoms with van der Waals surface area (Å²) in [5.74, 6) is 0.751. The van der Waals surface area contributed by atoms with E-state index < -0.39 is 11.7 Å². The zero-order valence-electron chi connectivity index (χ0n) is 17.3. The summed E-state index contributed by atoms with van der Waals surface area (Å²) in [6.45, 7) is 5.95. The van der Waals surface area contributed by atoms with Gasteiger partial charge < -0.3 is 4.74 Å². The maximum absolute atomic E-state index is 13.1. The fourth-order valence-electron chi connectivity index (χ4n) is 3.42. The van der Waals surface area contributed by atoms with Crippen molar-refractivity contribution in [3.05, 3.63) is 72.2 Å². The van der Waals surface area contributed by atoms with Gasteiger partial charge in [0.05, 0.1) is 24.8 Å². The standard InChI is InChI=1S/C23H24N4O3/c1-23(2,3)30-22(29)25-18-10-8-16(9-11-18)12-21(28)26-14-17-6-4-5-7-19(17)27-15-24-13-20(26)27/h4-11,13,15H,12,14H2,1-3H3,(H,25,29). The van der Waals surface area contributed by atoms with Crippen LogP contribution in [0.4, 0.5) is 16.3 Å². The van der Waals surface area contributed by atoms with E-state index in [0.717, 1.165) is 22.6 Å². The Hall–Kier alpha value is -3.61. The van der Waals surface area contributed by atoms with E-state index in [-0.39, 0.29) is 12.3 Å². The Balaban J connectivity index is 1.44. The largest absolute Gasteiger partial charge is 0.444 e. The van der Waals surface area contributed by atoms with Gasteiger partial charge in [0.25, 0.3) is 0 Å². The van der Waals surface area contributed by atoms with E-state index in [1.165, 1.54) is 0 Å². The van der Waals surface area contributed by atoms with Crippen LogP contribution in [0, 0.1) is 0 Å². The predicted octanol–water partition coefficient (Wildman–Crippen LogP) is 4.31. The number of carbonyl (C=O) groups is 2. The molecule has 0 unspecified atom stereocenters. The third-order valence-electron chi connectivity index (χ3n) is 4.73. The summed E-state index contributed by atoms with van der Waals surface area (Å²) in [6.07, 6.45) is 3.18. The molecule has 0 saturated heterocycles. The highest BCUT2D eigenvalue weighted by molar-refractivity contribution is 5.95. The van der Waals surface area contributed by atoms with Crippen molar-refractivity contribution >= 4 is 23.5 Å². The Morgan fingerprint density at radius 2 is 1.83 bits per heavy atom. The Labute approximate surface area is 175 Å². The van der Waals surface area contributed by atoms with Gasteiger partial charge in [-0.2, -0.15) is 0 Å². The molecule has 0 aliphatic carbocycles. The van der Waals surface area contributed by atoms with E-state index in [1.807, 2.05) is 61.7 Å². The predicted molar refractivity (Wildman–Crippen MR) is 115 cm³/mol. The van der Waals surface area contributed by atoms with Crippen molar-refractivity contribution in [1.29, 1.82) is 0 Å². The second-order valence-corrected chi connectivity index (χ2v) is 8.23. The molecule has 1 aliphatic rings. The topological polar surface area (TPSA) is 76.5 Å². The summed E-state index contributed by atoms with van der Waals surface area (Å²) in [4.78, 5) is 30.9. The molecule has 2 aromatic carbocycles. The van der Waals surface area contributed by atoms with E-state index in [9.17, 15) is 9.59 Å². The van der Waals surface area contributed by atoms with Crippen molar-refractivity contribution in [1.82, 2.24) is 9.55 Å². The van der Waals surface area contributed by atoms with Crippen LogP contribution in [0.1, 0.15) is 31.9 Å². The maximum Gasteiger partial charge on any atom is 0.412 e. The number of para-hydroxylation sites is 1. The van der Waals surface area contributed by atoms with E-state index in [2.05, 4.69) is 10.3 Å². The first kappa shape index (κ1) is 19.7. The van der Waals surface area contributed by atoms with Crippen LogP contribution in [-0.4, -0.2) is 27.2 Å². The van der Waals surface area contributed by atoms with E-state index in [4.69, 9.17) is 4.74 Å². The number of rotatable bonds is 3. The molecule has 30 heavy (non-hydrogen) atoms. The number of nitrogens with zero attached hydrogens (tertiary/aromatic N) is 3. The lowest BCUT2D eigenvalue weighted by Crippen LogP contribution is -2.36. The zero-order chi connectivity index (χ0) is 21.3. The quantitative estimate of drug-likeness (QED) is 0.706. The molecule has 0 radical (unpaired) electrons. The van der Waals surface area contributed by atoms with E-state index in [0.29, 0.717) is 12.2 Å². The first-order valence-corrected chi connectivity index (χ1v) is 9.80. The summed E-state index contributed by atoms with van der Waals surface area (Å²) in [5, 5.41) is 2.69. The molecule has 0 fully saturated rings. The lowest BCUT2D eigenvalue weighted by atomic mass is 10.1. The molecule has 7 nitrogen and oxygen atoms in total. The second-order valence-electron chi connectivity index (χ2n) is 8.23. The molecule has 0 atom stereocenters. The monoisotopic (exact) mass is 404 g/mol. The van der Waals surface area contributed by atoms with Crippen molar-refractivity contribution in [3.63, 3.8) is 0 Å². The SMILES string of the molecule is CC(C)(C)OC(=O)Nc1ccc(CC(=O)N2Cc3ccccc3-n3cncc32)cc1. The minimum absolute atomic E-state index is 0.0147. The fraction of sp³-hybridized carbons (Fsp3) is 0.261. The van der Waals surface area contributed by atoms with Crippen LogP contribution < -0.4 is 10.2 Å². The van der Waals surface area contributed by atoms with Gasteiger partial charge in [0.1, 0.15) is 17.7 Å². The summed E-state index contributed by atoms with van der Waals surface area (Å²) < 4.78 is 7.19. The molecule has 2 amide bonds. The van der Waals surface area contributed by atoms with Gasteiger partial charge >= 0.3 is 6.09 Å². The van der Waals surface area contributed by atoms with Crippen LogP contribution in [0.25, 0.3) is 5.69 Å². The smallest absolute Gasteiger partial charge is 0.412 e. The van der Waals surface area contributed by atoms with Crippen LogP contribution in [0.2, 0.25) is 0 Å². The van der Waals surface area contributed by atoms with E-state index >= 15 is 0 Å². The minimum Gasteiger partial charge on any atom is -0.444 e. The number of fused-ring (bicyclic) bond motifs is 3. The number of imidazole rings is 1. The molecule has 4 rings (SSSR count). The molecule has 0 spiro atoms. The number of nitrogens with one attached hydrogen (secondary N) is 1. The van der Waals surface area contributed by atoms with Crippen molar-refractivity contribution in [2.24, 2.45) is 0 Å². The molecule has 0 saturated carbocycles. The summed E-state index contributed by atoms with van der Waals surface area (Å²) in [6, 6.07) is 15.2. The van der Waals surface area contributed by atoms with Gasteiger partial charge in [0, 0.05) is 5.69 Å². The van der Waals surface area contributed by atoms with Crippen LogP contribution in [-0.2, 0) is 22.5 Å². The molecule has 1 aliphatic heterocycles. The van der Waals surface area contributed by atoms with Crippen molar-refractivity contribution in [2.75, 3.05) is 10.2 Å². The third kappa shape index (κ3) is 4.20. The van der Waals surface area contributed by atoms with Crippen LogP contribution >= 0.6 is 0 Å². The number of hydrogen-bond acceptors (Lipinski definition) is 4. The van der Waals surface area contributed by atoms with Gasteiger partial charge in [0.15, 0.2) is 0 Å². The molecule has 0 bridgehead atoms. The number of hydrogen-bond donors (Lipinski definition) is 1. The molecular formula is C23H24N4O3. The first-order chi connectivity index (χ1) is 14.3. The number of ether oxygens (including phenoxy) is 1. The van der Waals surface area contributed by atoms with Gasteiger partial charge in [-0.15, -0.1) is 0 Å². The fourth-order valence-corrected chi connectivity index (χ4v) is 3.42. The Kier molecular flexibility index (Phi) is 5.03. The third-order valence-corrected chi connectivity index (χ3v) is 4.73. The van der Waals surface area contributed by atoms with Gasteiger partial charge in [-0.25, -0.2) is 9.78 Å². The number of anilines is 2. The Morgan fingerprint density at radius 3 is 2.57 bits per heavy atom. The number of aromatic nitrogens is 2. The average molecular weight is 404 g/mol. The minimum atomic E-state index is -0.559. The zero-order valence-corrected chi connectivity index (χ0v) is 17.3. The number of benzene rings is 2.